The number of aryl methyl sites for hydroxylation is 2. The van der Waals surface area contributed by atoms with Gasteiger partial charge in [-0.1, -0.05) is 29.8 Å². The highest BCUT2D eigenvalue weighted by Gasteiger charge is 2.07. The van der Waals surface area contributed by atoms with E-state index in [1.807, 2.05) is 44.2 Å². The number of ether oxygens (including phenoxy) is 1. The predicted octanol–water partition coefficient (Wildman–Crippen LogP) is 4.41. The summed E-state index contributed by atoms with van der Waals surface area (Å²) in [6.45, 7) is 4.31. The first kappa shape index (κ1) is 13.5. The van der Waals surface area contributed by atoms with Gasteiger partial charge in [0, 0.05) is 10.6 Å². The lowest BCUT2D eigenvalue weighted by Crippen LogP contribution is -2.01. The van der Waals surface area contributed by atoms with E-state index in [2.05, 4.69) is 6.07 Å². The van der Waals surface area contributed by atoms with Crippen LogP contribution in [0.2, 0.25) is 5.02 Å². The Morgan fingerprint density at radius 3 is 2.42 bits per heavy atom. The molecule has 2 rings (SSSR count). The van der Waals surface area contributed by atoms with Gasteiger partial charge in [0.15, 0.2) is 0 Å². The molecule has 19 heavy (non-hydrogen) atoms. The monoisotopic (exact) mass is 271 g/mol. The van der Waals surface area contributed by atoms with Crippen molar-refractivity contribution >= 4 is 11.6 Å². The van der Waals surface area contributed by atoms with Crippen LogP contribution in [0.25, 0.3) is 0 Å². The summed E-state index contributed by atoms with van der Waals surface area (Å²) in [6, 6.07) is 13.4. The lowest BCUT2D eigenvalue weighted by atomic mass is 10.1. The third kappa shape index (κ3) is 3.07. The summed E-state index contributed by atoms with van der Waals surface area (Å²) < 4.78 is 5.84. The first-order valence-electron chi connectivity index (χ1n) is 5.99. The third-order valence-corrected chi connectivity index (χ3v) is 3.15. The molecule has 0 saturated carbocycles. The number of nitriles is 1. The molecule has 0 aliphatic rings. The van der Waals surface area contributed by atoms with E-state index in [1.165, 1.54) is 0 Å². The van der Waals surface area contributed by atoms with Crippen LogP contribution in [0.5, 0.6) is 5.75 Å². The molecule has 2 nitrogen and oxygen atoms in total. The van der Waals surface area contributed by atoms with Crippen molar-refractivity contribution in [1.82, 2.24) is 0 Å². The van der Waals surface area contributed by atoms with Crippen LogP contribution in [0.3, 0.4) is 0 Å². The highest BCUT2D eigenvalue weighted by atomic mass is 35.5. The van der Waals surface area contributed by atoms with Gasteiger partial charge in [-0.2, -0.15) is 5.26 Å². The Labute approximate surface area is 118 Å². The van der Waals surface area contributed by atoms with Gasteiger partial charge in [-0.05, 0) is 43.2 Å². The van der Waals surface area contributed by atoms with Crippen molar-refractivity contribution in [3.8, 4) is 11.8 Å². The molecule has 0 fully saturated rings. The molecule has 0 aromatic heterocycles. The molecule has 0 N–H and O–H groups in total. The number of nitrogens with zero attached hydrogens (tertiary/aromatic N) is 1. The number of benzene rings is 2. The topological polar surface area (TPSA) is 33.0 Å². The number of halogens is 1. The van der Waals surface area contributed by atoms with Crippen LogP contribution in [-0.4, -0.2) is 0 Å². The van der Waals surface area contributed by atoms with E-state index >= 15 is 0 Å². The average Bonchev–Trinajstić information content (AvgIpc) is 2.38. The van der Waals surface area contributed by atoms with Crippen molar-refractivity contribution in [2.24, 2.45) is 0 Å². The van der Waals surface area contributed by atoms with E-state index in [9.17, 15) is 0 Å². The highest BCUT2D eigenvalue weighted by Crippen LogP contribution is 2.28. The second-order valence-electron chi connectivity index (χ2n) is 4.43. The molecule has 96 valence electrons. The summed E-state index contributed by atoms with van der Waals surface area (Å²) in [5, 5.41) is 9.75. The molecule has 0 aliphatic heterocycles. The summed E-state index contributed by atoms with van der Waals surface area (Å²) in [6.07, 6.45) is 0. The van der Waals surface area contributed by atoms with Crippen LogP contribution in [0, 0.1) is 25.2 Å². The zero-order valence-corrected chi connectivity index (χ0v) is 11.7. The maximum absolute atomic E-state index is 9.04. The van der Waals surface area contributed by atoms with Crippen molar-refractivity contribution in [2.45, 2.75) is 20.5 Å². The van der Waals surface area contributed by atoms with E-state index in [-0.39, 0.29) is 0 Å². The van der Waals surface area contributed by atoms with Gasteiger partial charge in [0.05, 0.1) is 11.6 Å². The molecular formula is C16H14ClNO. The molecule has 0 bridgehead atoms. The molecule has 0 unspecified atom stereocenters. The largest absolute Gasteiger partial charge is 0.488 e. The molecule has 2 aromatic carbocycles. The first-order chi connectivity index (χ1) is 9.11. The van der Waals surface area contributed by atoms with E-state index in [1.54, 1.807) is 6.07 Å². The lowest BCUT2D eigenvalue weighted by molar-refractivity contribution is 0.301. The molecule has 2 aromatic rings. The van der Waals surface area contributed by atoms with Gasteiger partial charge >= 0.3 is 0 Å². The van der Waals surface area contributed by atoms with Crippen molar-refractivity contribution < 1.29 is 4.74 Å². The summed E-state index contributed by atoms with van der Waals surface area (Å²) >= 11 is 5.99. The summed E-state index contributed by atoms with van der Waals surface area (Å²) in [7, 11) is 0. The maximum atomic E-state index is 9.04. The van der Waals surface area contributed by atoms with Crippen LogP contribution in [0.4, 0.5) is 0 Å². The number of hydrogen-bond donors (Lipinski definition) is 0. The zero-order chi connectivity index (χ0) is 13.8. The Hall–Kier alpha value is -1.98. The fourth-order valence-corrected chi connectivity index (χ4v) is 2.36. The molecule has 0 heterocycles. The van der Waals surface area contributed by atoms with Crippen LogP contribution in [0.1, 0.15) is 22.3 Å². The normalized spacial score (nSPS) is 10.0. The van der Waals surface area contributed by atoms with Crippen LogP contribution >= 0.6 is 11.6 Å². The molecular weight excluding hydrogens is 258 g/mol. The number of rotatable bonds is 3. The molecule has 0 saturated heterocycles. The zero-order valence-electron chi connectivity index (χ0n) is 10.9. The predicted molar refractivity (Wildman–Crippen MR) is 76.4 cm³/mol. The Kier molecular flexibility index (Phi) is 4.09. The van der Waals surface area contributed by atoms with Crippen molar-refractivity contribution in [2.75, 3.05) is 0 Å². The molecule has 3 heteroatoms. The lowest BCUT2D eigenvalue weighted by Gasteiger charge is -2.13. The fraction of sp³-hybridized carbons (Fsp3) is 0.188. The maximum Gasteiger partial charge on any atom is 0.125 e. The standard InChI is InChI=1S/C16H14ClNO/c1-11-7-15(17)8-12(2)16(11)19-10-14-6-4-3-5-13(14)9-18/h3-8H,10H2,1-2H3. The van der Waals surface area contributed by atoms with E-state index in [4.69, 9.17) is 21.6 Å². The Morgan fingerprint density at radius 1 is 1.16 bits per heavy atom. The number of hydrogen-bond acceptors (Lipinski definition) is 2. The summed E-state index contributed by atoms with van der Waals surface area (Å²) in [4.78, 5) is 0. The van der Waals surface area contributed by atoms with Gasteiger partial charge in [0.25, 0.3) is 0 Å². The second-order valence-corrected chi connectivity index (χ2v) is 4.86. The first-order valence-corrected chi connectivity index (χ1v) is 6.37. The van der Waals surface area contributed by atoms with Crippen LogP contribution < -0.4 is 4.74 Å². The highest BCUT2D eigenvalue weighted by molar-refractivity contribution is 6.30. The van der Waals surface area contributed by atoms with Crippen molar-refractivity contribution in [1.29, 1.82) is 5.26 Å². The molecule has 0 atom stereocenters. The van der Waals surface area contributed by atoms with E-state index in [0.717, 1.165) is 22.4 Å². The van der Waals surface area contributed by atoms with Crippen LogP contribution in [-0.2, 0) is 6.61 Å². The minimum absolute atomic E-state index is 0.382. The van der Waals surface area contributed by atoms with Gasteiger partial charge in [0.2, 0.25) is 0 Å². The summed E-state index contributed by atoms with van der Waals surface area (Å²) in [5.41, 5.74) is 3.53. The van der Waals surface area contributed by atoms with Gasteiger partial charge in [-0.15, -0.1) is 0 Å². The van der Waals surface area contributed by atoms with E-state index in [0.29, 0.717) is 17.2 Å². The summed E-state index contributed by atoms with van der Waals surface area (Å²) in [5.74, 6) is 0.831. The second kappa shape index (κ2) is 5.77. The van der Waals surface area contributed by atoms with Gasteiger partial charge < -0.3 is 4.74 Å². The smallest absolute Gasteiger partial charge is 0.125 e. The van der Waals surface area contributed by atoms with Crippen molar-refractivity contribution in [3.63, 3.8) is 0 Å². The Morgan fingerprint density at radius 2 is 1.79 bits per heavy atom. The van der Waals surface area contributed by atoms with Gasteiger partial charge in [0.1, 0.15) is 12.4 Å². The van der Waals surface area contributed by atoms with Crippen molar-refractivity contribution in [3.05, 3.63) is 63.7 Å². The Bertz CT molecular complexity index is 620. The van der Waals surface area contributed by atoms with E-state index < -0.39 is 0 Å². The van der Waals surface area contributed by atoms with Crippen LogP contribution in [0.15, 0.2) is 36.4 Å². The third-order valence-electron chi connectivity index (χ3n) is 2.93. The molecule has 0 aliphatic carbocycles. The minimum Gasteiger partial charge on any atom is -0.488 e. The molecule has 0 amide bonds. The molecule has 0 radical (unpaired) electrons. The SMILES string of the molecule is Cc1cc(Cl)cc(C)c1OCc1ccccc1C#N. The fourth-order valence-electron chi connectivity index (χ4n) is 2.03. The minimum atomic E-state index is 0.382. The average molecular weight is 272 g/mol. The quantitative estimate of drug-likeness (QED) is 0.828. The van der Waals surface area contributed by atoms with Gasteiger partial charge in [-0.3, -0.25) is 0 Å². The molecule has 0 spiro atoms. The van der Waals surface area contributed by atoms with Gasteiger partial charge in [-0.25, -0.2) is 0 Å². The Balaban J connectivity index is 2.22.